The third-order valence-electron chi connectivity index (χ3n) is 4.36. The lowest BCUT2D eigenvalue weighted by molar-refractivity contribution is -0.137. The molecule has 0 spiro atoms. The maximum atomic E-state index is 11.7. The monoisotopic (exact) mass is 327 g/mol. The van der Waals surface area contributed by atoms with Crippen molar-refractivity contribution < 1.29 is 18.8 Å². The summed E-state index contributed by atoms with van der Waals surface area (Å²) < 4.78 is 16.9. The van der Waals surface area contributed by atoms with Gasteiger partial charge in [0.2, 0.25) is 0 Å². The maximum Gasteiger partial charge on any atom is 0.494 e. The first-order valence-corrected chi connectivity index (χ1v) is 7.94. The summed E-state index contributed by atoms with van der Waals surface area (Å²) >= 11 is 0. The van der Waals surface area contributed by atoms with Gasteiger partial charge >= 0.3 is 13.1 Å². The van der Waals surface area contributed by atoms with Gasteiger partial charge in [-0.3, -0.25) is 0 Å². The van der Waals surface area contributed by atoms with E-state index in [1.54, 1.807) is 6.92 Å². The standard InChI is InChI=1S/C18H22BNO4/c1-6-22-16(21)14(12-20)10-13-8-7-9-15(11-13)19-23-17(2,3)18(4,5)24-19/h7-11H,6H2,1-5H3. The third-order valence-corrected chi connectivity index (χ3v) is 4.36. The minimum Gasteiger partial charge on any atom is -0.462 e. The first kappa shape index (κ1) is 18.2. The van der Waals surface area contributed by atoms with Gasteiger partial charge in [0.25, 0.3) is 0 Å². The number of hydrogen-bond acceptors (Lipinski definition) is 5. The molecule has 1 fully saturated rings. The van der Waals surface area contributed by atoms with Crippen LogP contribution in [-0.4, -0.2) is 30.9 Å². The SMILES string of the molecule is CCOC(=O)C(C#N)=Cc1cccc(B2OC(C)(C)C(C)(C)O2)c1. The Bertz CT molecular complexity index is 687. The van der Waals surface area contributed by atoms with Crippen LogP contribution in [0.2, 0.25) is 0 Å². The van der Waals surface area contributed by atoms with E-state index in [1.807, 2.05) is 58.0 Å². The summed E-state index contributed by atoms with van der Waals surface area (Å²) in [5.41, 5.74) is 0.664. The van der Waals surface area contributed by atoms with Gasteiger partial charge in [-0.1, -0.05) is 24.3 Å². The van der Waals surface area contributed by atoms with E-state index in [9.17, 15) is 4.79 Å². The van der Waals surface area contributed by atoms with Crippen LogP contribution in [0.25, 0.3) is 6.08 Å². The molecule has 0 bridgehead atoms. The lowest BCUT2D eigenvalue weighted by atomic mass is 9.78. The Morgan fingerprint density at radius 2 is 1.92 bits per heavy atom. The molecule has 0 atom stereocenters. The molecule has 0 saturated carbocycles. The van der Waals surface area contributed by atoms with Gasteiger partial charge in [0.1, 0.15) is 11.6 Å². The molecule has 1 aliphatic rings. The summed E-state index contributed by atoms with van der Waals surface area (Å²) in [7, 11) is -0.489. The van der Waals surface area contributed by atoms with Crippen LogP contribution in [-0.2, 0) is 18.8 Å². The fourth-order valence-electron chi connectivity index (χ4n) is 2.29. The number of hydrogen-bond donors (Lipinski definition) is 0. The largest absolute Gasteiger partial charge is 0.494 e. The molecule has 1 aliphatic heterocycles. The minimum atomic E-state index is -0.624. The van der Waals surface area contributed by atoms with Crippen molar-refractivity contribution in [2.24, 2.45) is 0 Å². The van der Waals surface area contributed by atoms with E-state index in [2.05, 4.69) is 0 Å². The molecule has 1 aromatic carbocycles. The Kier molecular flexibility index (Phi) is 5.17. The van der Waals surface area contributed by atoms with Gasteiger partial charge < -0.3 is 14.0 Å². The molecule has 1 aromatic rings. The summed E-state index contributed by atoms with van der Waals surface area (Å²) in [4.78, 5) is 11.7. The summed E-state index contributed by atoms with van der Waals surface area (Å²) in [6.07, 6.45) is 1.51. The van der Waals surface area contributed by atoms with Crippen molar-refractivity contribution in [1.29, 1.82) is 5.26 Å². The van der Waals surface area contributed by atoms with E-state index < -0.39 is 24.3 Å². The van der Waals surface area contributed by atoms with E-state index in [-0.39, 0.29) is 12.2 Å². The van der Waals surface area contributed by atoms with Gasteiger partial charge in [-0.2, -0.15) is 5.26 Å². The molecular weight excluding hydrogens is 305 g/mol. The van der Waals surface area contributed by atoms with Crippen LogP contribution in [0.1, 0.15) is 40.2 Å². The lowest BCUT2D eigenvalue weighted by Crippen LogP contribution is -2.41. The Labute approximate surface area is 143 Å². The molecule has 0 N–H and O–H groups in total. The van der Waals surface area contributed by atoms with Crippen molar-refractivity contribution in [3.63, 3.8) is 0 Å². The molecule has 1 saturated heterocycles. The van der Waals surface area contributed by atoms with E-state index in [4.69, 9.17) is 19.3 Å². The van der Waals surface area contributed by atoms with Crippen molar-refractivity contribution >= 4 is 24.6 Å². The molecule has 0 unspecified atom stereocenters. The highest BCUT2D eigenvalue weighted by molar-refractivity contribution is 6.62. The number of benzene rings is 1. The number of nitriles is 1. The molecule has 0 amide bonds. The fraction of sp³-hybridized carbons (Fsp3) is 0.444. The molecular formula is C18H22BNO4. The molecule has 0 aromatic heterocycles. The maximum absolute atomic E-state index is 11.7. The quantitative estimate of drug-likeness (QED) is 0.368. The fourth-order valence-corrected chi connectivity index (χ4v) is 2.29. The second-order valence-corrected chi connectivity index (χ2v) is 6.65. The number of ether oxygens (including phenoxy) is 1. The van der Waals surface area contributed by atoms with Crippen LogP contribution >= 0.6 is 0 Å². The molecule has 0 radical (unpaired) electrons. The lowest BCUT2D eigenvalue weighted by Gasteiger charge is -2.32. The number of esters is 1. The summed E-state index contributed by atoms with van der Waals surface area (Å²) in [6.45, 7) is 9.89. The topological polar surface area (TPSA) is 68.6 Å². The number of carbonyl (C=O) groups is 1. The van der Waals surface area contributed by atoms with Gasteiger partial charge in [0.15, 0.2) is 0 Å². The summed E-state index contributed by atoms with van der Waals surface area (Å²) in [5, 5.41) is 9.13. The zero-order chi connectivity index (χ0) is 18.0. The van der Waals surface area contributed by atoms with Crippen LogP contribution in [0.3, 0.4) is 0 Å². The molecule has 5 nitrogen and oxygen atoms in total. The molecule has 2 rings (SSSR count). The second kappa shape index (κ2) is 6.80. The van der Waals surface area contributed by atoms with Crippen molar-refractivity contribution in [1.82, 2.24) is 0 Å². The Hall–Kier alpha value is -2.10. The van der Waals surface area contributed by atoms with E-state index in [0.717, 1.165) is 5.46 Å². The average molecular weight is 327 g/mol. The van der Waals surface area contributed by atoms with E-state index >= 15 is 0 Å². The number of nitrogens with zero attached hydrogens (tertiary/aromatic N) is 1. The van der Waals surface area contributed by atoms with Gasteiger partial charge in [0.05, 0.1) is 17.8 Å². The number of carbonyl (C=O) groups excluding carboxylic acids is 1. The van der Waals surface area contributed by atoms with Gasteiger partial charge in [0, 0.05) is 0 Å². The van der Waals surface area contributed by atoms with Crippen LogP contribution in [0.4, 0.5) is 0 Å². The highest BCUT2D eigenvalue weighted by Gasteiger charge is 2.51. The van der Waals surface area contributed by atoms with Crippen LogP contribution in [0.5, 0.6) is 0 Å². The highest BCUT2D eigenvalue weighted by Crippen LogP contribution is 2.36. The first-order valence-electron chi connectivity index (χ1n) is 7.94. The molecule has 126 valence electrons. The predicted molar refractivity (Wildman–Crippen MR) is 92.4 cm³/mol. The van der Waals surface area contributed by atoms with E-state index in [0.29, 0.717) is 5.56 Å². The molecule has 1 heterocycles. The van der Waals surface area contributed by atoms with Crippen molar-refractivity contribution in [2.45, 2.75) is 45.8 Å². The van der Waals surface area contributed by atoms with E-state index in [1.165, 1.54) is 6.08 Å². The summed E-state index contributed by atoms with van der Waals surface area (Å²) in [5.74, 6) is -0.624. The smallest absolute Gasteiger partial charge is 0.462 e. The van der Waals surface area contributed by atoms with Crippen LogP contribution in [0.15, 0.2) is 29.8 Å². The van der Waals surface area contributed by atoms with Crippen LogP contribution < -0.4 is 5.46 Å². The zero-order valence-corrected chi connectivity index (χ0v) is 14.8. The zero-order valence-electron chi connectivity index (χ0n) is 14.8. The molecule has 24 heavy (non-hydrogen) atoms. The molecule has 6 heteroatoms. The van der Waals surface area contributed by atoms with Crippen molar-refractivity contribution in [2.75, 3.05) is 6.61 Å². The predicted octanol–water partition coefficient (Wildman–Crippen LogP) is 2.46. The second-order valence-electron chi connectivity index (χ2n) is 6.65. The third kappa shape index (κ3) is 3.69. The number of rotatable bonds is 4. The Morgan fingerprint density at radius 3 is 2.46 bits per heavy atom. The van der Waals surface area contributed by atoms with Gasteiger partial charge in [-0.15, -0.1) is 0 Å². The minimum absolute atomic E-state index is 0.0390. The van der Waals surface area contributed by atoms with Gasteiger partial charge in [-0.25, -0.2) is 4.79 Å². The summed E-state index contributed by atoms with van der Waals surface area (Å²) in [6, 6.07) is 9.27. The average Bonchev–Trinajstić information content (AvgIpc) is 2.73. The first-order chi connectivity index (χ1) is 11.2. The highest BCUT2D eigenvalue weighted by atomic mass is 16.7. The van der Waals surface area contributed by atoms with Crippen LogP contribution in [0, 0.1) is 11.3 Å². The normalized spacial score (nSPS) is 19.0. The van der Waals surface area contributed by atoms with Crippen molar-refractivity contribution in [3.8, 4) is 6.07 Å². The van der Waals surface area contributed by atoms with Gasteiger partial charge in [-0.05, 0) is 51.7 Å². The molecule has 0 aliphatic carbocycles. The Balaban J connectivity index is 2.27. The van der Waals surface area contributed by atoms with Crippen molar-refractivity contribution in [3.05, 3.63) is 35.4 Å². The Morgan fingerprint density at radius 1 is 1.29 bits per heavy atom.